The van der Waals surface area contributed by atoms with E-state index in [9.17, 15) is 14.4 Å². The fourth-order valence-electron chi connectivity index (χ4n) is 2.70. The first-order valence-electron chi connectivity index (χ1n) is 8.40. The molecule has 0 saturated heterocycles. The van der Waals surface area contributed by atoms with Crippen molar-refractivity contribution < 1.29 is 19.5 Å². The number of rotatable bonds is 8. The number of carboxylic acid groups (broad SMARTS) is 1. The van der Waals surface area contributed by atoms with Crippen molar-refractivity contribution in [2.24, 2.45) is 11.7 Å². The van der Waals surface area contributed by atoms with Crippen LogP contribution in [0.1, 0.15) is 19.4 Å². The van der Waals surface area contributed by atoms with Gasteiger partial charge in [-0.05, 0) is 24.0 Å². The van der Waals surface area contributed by atoms with Crippen molar-refractivity contribution in [2.75, 3.05) is 6.54 Å². The van der Waals surface area contributed by atoms with E-state index in [4.69, 9.17) is 10.8 Å². The van der Waals surface area contributed by atoms with Gasteiger partial charge in [0.2, 0.25) is 11.8 Å². The number of amides is 2. The number of carbonyl (C=O) groups excluding carboxylic acids is 2. The van der Waals surface area contributed by atoms with Crippen LogP contribution in [0.3, 0.4) is 0 Å². The van der Waals surface area contributed by atoms with Gasteiger partial charge in [0.15, 0.2) is 0 Å². The van der Waals surface area contributed by atoms with Crippen LogP contribution < -0.4 is 16.4 Å². The van der Waals surface area contributed by atoms with Gasteiger partial charge in [0.05, 0.1) is 6.04 Å². The molecule has 0 aliphatic rings. The number of benzene rings is 1. The molecule has 2 rings (SSSR count). The highest BCUT2D eigenvalue weighted by molar-refractivity contribution is 5.91. The van der Waals surface area contributed by atoms with Gasteiger partial charge in [-0.2, -0.15) is 0 Å². The lowest BCUT2D eigenvalue weighted by atomic mass is 10.0. The lowest BCUT2D eigenvalue weighted by Crippen LogP contribution is -2.54. The van der Waals surface area contributed by atoms with Gasteiger partial charge in [-0.3, -0.25) is 14.4 Å². The largest absolute Gasteiger partial charge is 0.480 e. The Kier molecular flexibility index (Phi) is 6.35. The molecular weight excluding hydrogens is 336 g/mol. The molecule has 0 radical (unpaired) electrons. The average molecular weight is 360 g/mol. The number of carbonyl (C=O) groups is 3. The lowest BCUT2D eigenvalue weighted by molar-refractivity contribution is -0.138. The number of fused-ring (bicyclic) bond motifs is 1. The molecule has 1 heterocycles. The summed E-state index contributed by atoms with van der Waals surface area (Å²) in [5, 5.41) is 14.6. The number of nitrogens with one attached hydrogen (secondary N) is 3. The number of aromatic amines is 1. The van der Waals surface area contributed by atoms with E-state index in [-0.39, 0.29) is 5.92 Å². The molecule has 2 amide bonds. The zero-order chi connectivity index (χ0) is 19.3. The van der Waals surface area contributed by atoms with Crippen LogP contribution in [0.4, 0.5) is 0 Å². The third-order valence-corrected chi connectivity index (χ3v) is 4.11. The maximum Gasteiger partial charge on any atom is 0.322 e. The first-order valence-corrected chi connectivity index (χ1v) is 8.40. The zero-order valence-corrected chi connectivity index (χ0v) is 14.8. The quantitative estimate of drug-likeness (QED) is 0.463. The topological polar surface area (TPSA) is 137 Å². The third kappa shape index (κ3) is 4.82. The van der Waals surface area contributed by atoms with Crippen LogP contribution in [-0.2, 0) is 20.8 Å². The fourth-order valence-corrected chi connectivity index (χ4v) is 2.70. The summed E-state index contributed by atoms with van der Waals surface area (Å²) in [6.45, 7) is 3.02. The van der Waals surface area contributed by atoms with Crippen LogP contribution in [-0.4, -0.2) is 46.5 Å². The molecule has 2 aromatic rings. The second-order valence-electron chi connectivity index (χ2n) is 6.51. The Hall–Kier alpha value is -2.87. The van der Waals surface area contributed by atoms with Gasteiger partial charge in [-0.1, -0.05) is 32.0 Å². The summed E-state index contributed by atoms with van der Waals surface area (Å²) in [4.78, 5) is 38.2. The van der Waals surface area contributed by atoms with Crippen molar-refractivity contribution in [1.82, 2.24) is 15.6 Å². The molecule has 0 spiro atoms. The highest BCUT2D eigenvalue weighted by Crippen LogP contribution is 2.18. The minimum absolute atomic E-state index is 0.215. The first kappa shape index (κ1) is 19.5. The van der Waals surface area contributed by atoms with E-state index in [1.807, 2.05) is 30.5 Å². The molecule has 2 atom stereocenters. The van der Waals surface area contributed by atoms with Crippen LogP contribution in [0, 0.1) is 5.92 Å². The Balaban J connectivity index is 2.01. The van der Waals surface area contributed by atoms with Crippen molar-refractivity contribution >= 4 is 28.7 Å². The van der Waals surface area contributed by atoms with Crippen LogP contribution >= 0.6 is 0 Å². The highest BCUT2D eigenvalue weighted by Gasteiger charge is 2.27. The number of nitrogens with two attached hydrogens (primary N) is 1. The Labute approximate surface area is 151 Å². The van der Waals surface area contributed by atoms with Gasteiger partial charge in [-0.15, -0.1) is 0 Å². The molecule has 8 nitrogen and oxygen atoms in total. The predicted molar refractivity (Wildman–Crippen MR) is 97.4 cm³/mol. The van der Waals surface area contributed by atoms with Gasteiger partial charge >= 0.3 is 5.97 Å². The number of hydrogen-bond donors (Lipinski definition) is 5. The Bertz CT molecular complexity index is 799. The molecule has 8 heteroatoms. The molecule has 0 saturated carbocycles. The SMILES string of the molecule is CC(C)[C@H](NC(=O)[C@@H](N)Cc1c[nH]c2ccccc12)C(=O)NCC(=O)O. The summed E-state index contributed by atoms with van der Waals surface area (Å²) in [6, 6.07) is 6.03. The number of H-pyrrole nitrogens is 1. The van der Waals surface area contributed by atoms with E-state index in [0.717, 1.165) is 16.5 Å². The second kappa shape index (κ2) is 8.48. The van der Waals surface area contributed by atoms with E-state index >= 15 is 0 Å². The van der Waals surface area contributed by atoms with Gasteiger partial charge < -0.3 is 26.5 Å². The summed E-state index contributed by atoms with van der Waals surface area (Å²) >= 11 is 0. The van der Waals surface area contributed by atoms with Crippen molar-refractivity contribution in [3.8, 4) is 0 Å². The van der Waals surface area contributed by atoms with E-state index < -0.39 is 36.4 Å². The molecule has 0 unspecified atom stereocenters. The van der Waals surface area contributed by atoms with E-state index in [1.54, 1.807) is 13.8 Å². The van der Waals surface area contributed by atoms with E-state index in [1.165, 1.54) is 0 Å². The smallest absolute Gasteiger partial charge is 0.322 e. The van der Waals surface area contributed by atoms with Crippen LogP contribution in [0.25, 0.3) is 10.9 Å². The summed E-state index contributed by atoms with van der Waals surface area (Å²) < 4.78 is 0. The summed E-state index contributed by atoms with van der Waals surface area (Å²) in [7, 11) is 0. The molecule has 1 aromatic heterocycles. The van der Waals surface area contributed by atoms with Gasteiger partial charge in [0.1, 0.15) is 12.6 Å². The molecule has 1 aromatic carbocycles. The minimum Gasteiger partial charge on any atom is -0.480 e. The minimum atomic E-state index is -1.15. The van der Waals surface area contributed by atoms with Gasteiger partial charge in [0.25, 0.3) is 0 Å². The average Bonchev–Trinajstić information content (AvgIpc) is 3.00. The molecule has 6 N–H and O–H groups in total. The number of carboxylic acids is 1. The zero-order valence-electron chi connectivity index (χ0n) is 14.8. The lowest BCUT2D eigenvalue weighted by Gasteiger charge is -2.23. The maximum atomic E-state index is 12.4. The normalized spacial score (nSPS) is 13.4. The number of aromatic nitrogens is 1. The van der Waals surface area contributed by atoms with Crippen molar-refractivity contribution in [2.45, 2.75) is 32.4 Å². The van der Waals surface area contributed by atoms with E-state index in [2.05, 4.69) is 15.6 Å². The highest BCUT2D eigenvalue weighted by atomic mass is 16.4. The standard InChI is InChI=1S/C18H24N4O4/c1-10(2)16(18(26)21-9-15(23)24)22-17(25)13(19)7-11-8-20-14-6-4-3-5-12(11)14/h3-6,8,10,13,16,20H,7,9,19H2,1-2H3,(H,21,26)(H,22,25)(H,23,24)/t13-,16-/m0/s1. The number of para-hydroxylation sites is 1. The Morgan fingerprint density at radius 2 is 1.88 bits per heavy atom. The van der Waals surface area contributed by atoms with Gasteiger partial charge in [0, 0.05) is 17.1 Å². The summed E-state index contributed by atoms with van der Waals surface area (Å²) in [6.07, 6.45) is 2.13. The molecular formula is C18H24N4O4. The number of aliphatic carboxylic acids is 1. The molecule has 0 fully saturated rings. The Morgan fingerprint density at radius 1 is 1.19 bits per heavy atom. The fraction of sp³-hybridized carbons (Fsp3) is 0.389. The van der Waals surface area contributed by atoms with Crippen molar-refractivity contribution in [3.05, 3.63) is 36.0 Å². The molecule has 0 bridgehead atoms. The maximum absolute atomic E-state index is 12.4. The van der Waals surface area contributed by atoms with Crippen molar-refractivity contribution in [3.63, 3.8) is 0 Å². The Morgan fingerprint density at radius 3 is 2.54 bits per heavy atom. The van der Waals surface area contributed by atoms with Crippen LogP contribution in [0.2, 0.25) is 0 Å². The van der Waals surface area contributed by atoms with Crippen molar-refractivity contribution in [1.29, 1.82) is 0 Å². The number of hydrogen-bond acceptors (Lipinski definition) is 4. The molecule has 0 aliphatic heterocycles. The summed E-state index contributed by atoms with van der Waals surface area (Å²) in [5.41, 5.74) is 7.90. The molecule has 0 aliphatic carbocycles. The monoisotopic (exact) mass is 360 g/mol. The van der Waals surface area contributed by atoms with Crippen LogP contribution in [0.5, 0.6) is 0 Å². The second-order valence-corrected chi connectivity index (χ2v) is 6.51. The third-order valence-electron chi connectivity index (χ3n) is 4.11. The first-order chi connectivity index (χ1) is 12.3. The van der Waals surface area contributed by atoms with E-state index in [0.29, 0.717) is 6.42 Å². The van der Waals surface area contributed by atoms with Crippen LogP contribution in [0.15, 0.2) is 30.5 Å². The van der Waals surface area contributed by atoms with Gasteiger partial charge in [-0.25, -0.2) is 0 Å². The summed E-state index contributed by atoms with van der Waals surface area (Å²) in [5.74, 6) is -2.37. The molecule has 140 valence electrons. The predicted octanol–water partition coefficient (Wildman–Crippen LogP) is 0.379. The molecule has 26 heavy (non-hydrogen) atoms.